The first-order valence-corrected chi connectivity index (χ1v) is 4.46. The average molecular weight is 198 g/mol. The van der Waals surface area contributed by atoms with Gasteiger partial charge in [0.2, 0.25) is 0 Å². The summed E-state index contributed by atoms with van der Waals surface area (Å²) in [6.45, 7) is 3.21. The molecule has 1 nitrogen and oxygen atoms in total. The van der Waals surface area contributed by atoms with Gasteiger partial charge < -0.3 is 4.79 Å². The number of halogens is 2. The second-order valence-electron chi connectivity index (χ2n) is 3.40. The minimum atomic E-state index is -0.581. The Bertz CT molecular complexity index is 347. The zero-order valence-corrected chi connectivity index (χ0v) is 8.18. The summed E-state index contributed by atoms with van der Waals surface area (Å²) in [7, 11) is 0. The van der Waals surface area contributed by atoms with Crippen molar-refractivity contribution in [3.05, 3.63) is 34.9 Å². The van der Waals surface area contributed by atoms with Crippen LogP contribution in [0.15, 0.2) is 12.1 Å². The minimum absolute atomic E-state index is 0.0112. The van der Waals surface area contributed by atoms with E-state index < -0.39 is 17.6 Å². The van der Waals surface area contributed by atoms with Gasteiger partial charge in [-0.2, -0.15) is 0 Å². The van der Waals surface area contributed by atoms with Gasteiger partial charge in [-0.15, -0.1) is 0 Å². The van der Waals surface area contributed by atoms with Crippen LogP contribution < -0.4 is 0 Å². The predicted octanol–water partition coefficient (Wildman–Crippen LogP) is 2.97. The molecule has 0 saturated heterocycles. The van der Waals surface area contributed by atoms with Crippen molar-refractivity contribution < 1.29 is 13.6 Å². The van der Waals surface area contributed by atoms with Crippen LogP contribution in [-0.4, -0.2) is 6.29 Å². The van der Waals surface area contributed by atoms with Crippen LogP contribution in [0.4, 0.5) is 8.78 Å². The number of aldehydes is 1. The topological polar surface area (TPSA) is 17.1 Å². The Morgan fingerprint density at radius 1 is 1.43 bits per heavy atom. The number of aryl methyl sites for hydroxylation is 1. The van der Waals surface area contributed by atoms with Crippen LogP contribution in [0.3, 0.4) is 0 Å². The number of rotatable bonds is 3. The maximum atomic E-state index is 13.5. The molecule has 1 aromatic rings. The summed E-state index contributed by atoms with van der Waals surface area (Å²) in [6, 6.07) is 2.62. The van der Waals surface area contributed by atoms with E-state index in [1.165, 1.54) is 12.1 Å². The molecule has 3 heteroatoms. The molecule has 0 aliphatic rings. The molecule has 0 bridgehead atoms. The first-order valence-electron chi connectivity index (χ1n) is 4.46. The van der Waals surface area contributed by atoms with E-state index in [9.17, 15) is 13.6 Å². The number of benzene rings is 1. The molecule has 0 aromatic heterocycles. The second-order valence-corrected chi connectivity index (χ2v) is 3.40. The van der Waals surface area contributed by atoms with Crippen LogP contribution in [0.2, 0.25) is 0 Å². The Morgan fingerprint density at radius 2 is 2.07 bits per heavy atom. The van der Waals surface area contributed by atoms with Gasteiger partial charge >= 0.3 is 0 Å². The van der Waals surface area contributed by atoms with E-state index in [0.29, 0.717) is 11.8 Å². The minimum Gasteiger partial charge on any atom is -0.303 e. The fraction of sp³-hybridized carbons (Fsp3) is 0.364. The Kier molecular flexibility index (Phi) is 3.33. The normalized spacial score (nSPS) is 12.6. The number of carbonyl (C=O) groups excluding carboxylic acids is 1. The zero-order chi connectivity index (χ0) is 10.7. The SMILES string of the molecule is Cc1ccc(F)c(C(C)CC=O)c1F. The zero-order valence-electron chi connectivity index (χ0n) is 8.18. The summed E-state index contributed by atoms with van der Waals surface area (Å²) in [5, 5.41) is 0. The van der Waals surface area contributed by atoms with Gasteiger partial charge in [-0.3, -0.25) is 0 Å². The fourth-order valence-electron chi connectivity index (χ4n) is 1.39. The molecule has 0 aliphatic carbocycles. The molecular formula is C11H12F2O. The number of hydrogen-bond acceptors (Lipinski definition) is 1. The highest BCUT2D eigenvalue weighted by Crippen LogP contribution is 2.26. The van der Waals surface area contributed by atoms with Crippen LogP contribution in [-0.2, 0) is 4.79 Å². The van der Waals surface area contributed by atoms with E-state index in [1.807, 2.05) is 0 Å². The summed E-state index contributed by atoms with van der Waals surface area (Å²) in [4.78, 5) is 10.3. The van der Waals surface area contributed by atoms with Gasteiger partial charge in [-0.25, -0.2) is 8.78 Å². The predicted molar refractivity (Wildman–Crippen MR) is 50.2 cm³/mol. The van der Waals surface area contributed by atoms with E-state index in [0.717, 1.165) is 0 Å². The molecule has 0 aliphatic heterocycles. The third-order valence-electron chi connectivity index (χ3n) is 2.26. The Balaban J connectivity index is 3.17. The Labute approximate surface area is 81.7 Å². The third kappa shape index (κ3) is 1.97. The molecule has 0 spiro atoms. The number of carbonyl (C=O) groups is 1. The molecule has 1 rings (SSSR count). The molecule has 1 aromatic carbocycles. The van der Waals surface area contributed by atoms with Crippen molar-refractivity contribution in [2.45, 2.75) is 26.2 Å². The first-order chi connectivity index (χ1) is 6.57. The van der Waals surface area contributed by atoms with Crippen molar-refractivity contribution in [2.24, 2.45) is 0 Å². The maximum Gasteiger partial charge on any atom is 0.132 e. The van der Waals surface area contributed by atoms with E-state index in [1.54, 1.807) is 13.8 Å². The third-order valence-corrected chi connectivity index (χ3v) is 2.26. The molecule has 0 amide bonds. The Hall–Kier alpha value is -1.25. The summed E-state index contributed by atoms with van der Waals surface area (Å²) in [5.41, 5.74) is 0.413. The van der Waals surface area contributed by atoms with E-state index in [-0.39, 0.29) is 12.0 Å². The van der Waals surface area contributed by atoms with Gasteiger partial charge in [0.15, 0.2) is 0 Å². The van der Waals surface area contributed by atoms with Gasteiger partial charge in [0, 0.05) is 12.0 Å². The van der Waals surface area contributed by atoms with Gasteiger partial charge in [0.05, 0.1) is 0 Å². The van der Waals surface area contributed by atoms with Gasteiger partial charge in [0.1, 0.15) is 17.9 Å². The molecule has 76 valence electrons. The summed E-state index contributed by atoms with van der Waals surface area (Å²) in [5.74, 6) is -1.53. The monoisotopic (exact) mass is 198 g/mol. The lowest BCUT2D eigenvalue weighted by Gasteiger charge is -2.12. The quantitative estimate of drug-likeness (QED) is 0.682. The van der Waals surface area contributed by atoms with Crippen molar-refractivity contribution in [1.29, 1.82) is 0 Å². The van der Waals surface area contributed by atoms with Crippen molar-refractivity contribution in [1.82, 2.24) is 0 Å². The smallest absolute Gasteiger partial charge is 0.132 e. The standard InChI is InChI=1S/C11H12F2O/c1-7(5-6-14)10-9(12)4-3-8(2)11(10)13/h3-4,6-7H,5H2,1-2H3. The summed E-state index contributed by atoms with van der Waals surface area (Å²) >= 11 is 0. The molecule has 0 radical (unpaired) electrons. The molecule has 1 atom stereocenters. The van der Waals surface area contributed by atoms with Crippen molar-refractivity contribution >= 4 is 6.29 Å². The average Bonchev–Trinajstić information content (AvgIpc) is 2.13. The molecule has 0 fully saturated rings. The van der Waals surface area contributed by atoms with Crippen molar-refractivity contribution in [3.63, 3.8) is 0 Å². The molecule has 1 unspecified atom stereocenters. The van der Waals surface area contributed by atoms with E-state index in [4.69, 9.17) is 0 Å². The molecule has 0 N–H and O–H groups in total. The van der Waals surface area contributed by atoms with Crippen LogP contribution in [0, 0.1) is 18.6 Å². The van der Waals surface area contributed by atoms with Crippen LogP contribution in [0.1, 0.15) is 30.4 Å². The lowest BCUT2D eigenvalue weighted by Crippen LogP contribution is -2.03. The second kappa shape index (κ2) is 4.31. The molecular weight excluding hydrogens is 186 g/mol. The maximum absolute atomic E-state index is 13.5. The van der Waals surface area contributed by atoms with E-state index in [2.05, 4.69) is 0 Å². The molecule has 0 saturated carbocycles. The largest absolute Gasteiger partial charge is 0.303 e. The lowest BCUT2D eigenvalue weighted by molar-refractivity contribution is -0.108. The summed E-state index contributed by atoms with van der Waals surface area (Å²) < 4.78 is 26.7. The first kappa shape index (κ1) is 10.8. The van der Waals surface area contributed by atoms with Gasteiger partial charge in [0.25, 0.3) is 0 Å². The Morgan fingerprint density at radius 3 is 2.64 bits per heavy atom. The van der Waals surface area contributed by atoms with Gasteiger partial charge in [-0.1, -0.05) is 13.0 Å². The van der Waals surface area contributed by atoms with Crippen LogP contribution in [0.25, 0.3) is 0 Å². The van der Waals surface area contributed by atoms with Gasteiger partial charge in [-0.05, 0) is 24.5 Å². The molecule has 14 heavy (non-hydrogen) atoms. The van der Waals surface area contributed by atoms with Crippen molar-refractivity contribution in [3.8, 4) is 0 Å². The van der Waals surface area contributed by atoms with Crippen LogP contribution in [0.5, 0.6) is 0 Å². The number of hydrogen-bond donors (Lipinski definition) is 0. The van der Waals surface area contributed by atoms with E-state index >= 15 is 0 Å². The van der Waals surface area contributed by atoms with Crippen LogP contribution >= 0.6 is 0 Å². The van der Waals surface area contributed by atoms with Crippen molar-refractivity contribution in [2.75, 3.05) is 0 Å². The highest BCUT2D eigenvalue weighted by molar-refractivity contribution is 5.51. The fourth-order valence-corrected chi connectivity index (χ4v) is 1.39. The lowest BCUT2D eigenvalue weighted by atomic mass is 9.95. The highest BCUT2D eigenvalue weighted by atomic mass is 19.1. The summed E-state index contributed by atoms with van der Waals surface area (Å²) in [6.07, 6.45) is 0.809. The highest BCUT2D eigenvalue weighted by Gasteiger charge is 2.17. The molecule has 0 heterocycles.